The maximum absolute atomic E-state index is 13.2. The Labute approximate surface area is 92.8 Å². The van der Waals surface area contributed by atoms with E-state index >= 15 is 0 Å². The molecule has 15 heavy (non-hydrogen) atoms. The van der Waals surface area contributed by atoms with Crippen LogP contribution in [-0.4, -0.2) is 13.1 Å². The first-order valence-electron chi connectivity index (χ1n) is 5.15. The lowest BCUT2D eigenvalue weighted by Crippen LogP contribution is -2.19. The Morgan fingerprint density at radius 2 is 1.73 bits per heavy atom. The lowest BCUT2D eigenvalue weighted by atomic mass is 10.1. The average molecular weight is 227 g/mol. The third-order valence-corrected chi connectivity index (χ3v) is 3.61. The van der Waals surface area contributed by atoms with E-state index in [2.05, 4.69) is 10.6 Å². The predicted octanol–water partition coefficient (Wildman–Crippen LogP) is 3.10. The summed E-state index contributed by atoms with van der Waals surface area (Å²) >= 11 is 5.74. The van der Waals surface area contributed by atoms with Crippen LogP contribution < -0.4 is 10.6 Å². The molecule has 0 atom stereocenters. The highest BCUT2D eigenvalue weighted by molar-refractivity contribution is 6.31. The molecule has 80 valence electrons. The number of hydrogen-bond donors (Lipinski definition) is 2. The van der Waals surface area contributed by atoms with Gasteiger partial charge in [-0.05, 0) is 18.9 Å². The van der Waals surface area contributed by atoms with Gasteiger partial charge >= 0.3 is 0 Å². The second kappa shape index (κ2) is 3.01. The topological polar surface area (TPSA) is 24.1 Å². The van der Waals surface area contributed by atoms with Crippen molar-refractivity contribution in [3.05, 3.63) is 23.0 Å². The van der Waals surface area contributed by atoms with Gasteiger partial charge in [0.05, 0.1) is 16.4 Å². The molecule has 2 aliphatic rings. The summed E-state index contributed by atoms with van der Waals surface area (Å²) in [6.45, 7) is 1.88. The van der Waals surface area contributed by atoms with Gasteiger partial charge in [0.25, 0.3) is 0 Å². The van der Waals surface area contributed by atoms with E-state index in [1.807, 2.05) is 0 Å². The van der Waals surface area contributed by atoms with Gasteiger partial charge in [-0.2, -0.15) is 0 Å². The van der Waals surface area contributed by atoms with E-state index < -0.39 is 0 Å². The van der Waals surface area contributed by atoms with Gasteiger partial charge < -0.3 is 10.6 Å². The Kier molecular flexibility index (Phi) is 1.87. The monoisotopic (exact) mass is 226 g/mol. The Hall–Kier alpha value is -0.960. The summed E-state index contributed by atoms with van der Waals surface area (Å²) in [6.07, 6.45) is 2.49. The average Bonchev–Trinajstić information content (AvgIpc) is 2.99. The number of halogens is 2. The molecule has 1 spiro atoms. The van der Waals surface area contributed by atoms with E-state index in [0.29, 0.717) is 5.41 Å². The zero-order valence-corrected chi connectivity index (χ0v) is 8.99. The summed E-state index contributed by atoms with van der Waals surface area (Å²) < 4.78 is 13.2. The standard InChI is InChI=1S/C11H12ClFN2/c12-7-3-9-10(4-8(7)13)15-6-11(1-2-11)5-14-9/h3-4,14-15H,1-2,5-6H2. The fourth-order valence-corrected chi connectivity index (χ4v) is 2.16. The second-order valence-electron chi connectivity index (χ2n) is 4.52. The molecule has 1 aliphatic heterocycles. The molecule has 1 saturated carbocycles. The molecule has 0 unspecified atom stereocenters. The maximum atomic E-state index is 13.2. The minimum absolute atomic E-state index is 0.176. The van der Waals surface area contributed by atoms with Crippen LogP contribution in [0.1, 0.15) is 12.8 Å². The van der Waals surface area contributed by atoms with Crippen molar-refractivity contribution in [2.45, 2.75) is 12.8 Å². The van der Waals surface area contributed by atoms with Gasteiger partial charge in [-0.1, -0.05) is 11.6 Å². The lowest BCUT2D eigenvalue weighted by Gasteiger charge is -2.10. The van der Waals surface area contributed by atoms with Crippen LogP contribution in [0.3, 0.4) is 0 Å². The molecule has 0 saturated heterocycles. The van der Waals surface area contributed by atoms with Crippen LogP contribution in [0.25, 0.3) is 0 Å². The van der Waals surface area contributed by atoms with Gasteiger partial charge in [-0.15, -0.1) is 0 Å². The highest BCUT2D eigenvalue weighted by Crippen LogP contribution is 2.47. The largest absolute Gasteiger partial charge is 0.383 e. The van der Waals surface area contributed by atoms with Gasteiger partial charge in [0.15, 0.2) is 0 Å². The Morgan fingerprint density at radius 3 is 2.33 bits per heavy atom. The van der Waals surface area contributed by atoms with Gasteiger partial charge in [-0.3, -0.25) is 0 Å². The zero-order valence-electron chi connectivity index (χ0n) is 8.24. The van der Waals surface area contributed by atoms with Gasteiger partial charge in [-0.25, -0.2) is 4.39 Å². The van der Waals surface area contributed by atoms with E-state index in [1.54, 1.807) is 6.07 Å². The molecule has 0 radical (unpaired) electrons. The van der Waals surface area contributed by atoms with Crippen molar-refractivity contribution in [3.8, 4) is 0 Å². The van der Waals surface area contributed by atoms with Crippen LogP contribution in [0, 0.1) is 11.2 Å². The van der Waals surface area contributed by atoms with Gasteiger partial charge in [0.2, 0.25) is 0 Å². The Bertz CT molecular complexity index is 380. The Morgan fingerprint density at radius 1 is 1.13 bits per heavy atom. The molecule has 1 fully saturated rings. The summed E-state index contributed by atoms with van der Waals surface area (Å²) in [4.78, 5) is 0. The molecule has 1 aromatic rings. The van der Waals surface area contributed by atoms with E-state index in [9.17, 15) is 4.39 Å². The van der Waals surface area contributed by atoms with Crippen molar-refractivity contribution in [1.82, 2.24) is 0 Å². The van der Waals surface area contributed by atoms with Crippen LogP contribution in [0.4, 0.5) is 15.8 Å². The molecule has 4 heteroatoms. The van der Waals surface area contributed by atoms with Crippen LogP contribution >= 0.6 is 11.6 Å². The van der Waals surface area contributed by atoms with Crippen LogP contribution in [-0.2, 0) is 0 Å². The van der Waals surface area contributed by atoms with E-state index in [1.165, 1.54) is 18.9 Å². The number of benzene rings is 1. The molecule has 1 heterocycles. The summed E-state index contributed by atoms with van der Waals surface area (Å²) in [7, 11) is 0. The second-order valence-corrected chi connectivity index (χ2v) is 4.93. The predicted molar refractivity (Wildman–Crippen MR) is 60.1 cm³/mol. The smallest absolute Gasteiger partial charge is 0.143 e. The number of nitrogens with one attached hydrogen (secondary N) is 2. The van der Waals surface area contributed by atoms with E-state index in [4.69, 9.17) is 11.6 Å². The molecular weight excluding hydrogens is 215 g/mol. The summed E-state index contributed by atoms with van der Waals surface area (Å²) in [5.41, 5.74) is 2.12. The van der Waals surface area contributed by atoms with Crippen molar-refractivity contribution in [2.75, 3.05) is 23.7 Å². The normalized spacial score (nSPS) is 21.2. The first-order chi connectivity index (χ1) is 7.19. The number of hydrogen-bond acceptors (Lipinski definition) is 2. The SMILES string of the molecule is Fc1cc2c(cc1Cl)NCC1(CC1)CN2. The summed E-state index contributed by atoms with van der Waals surface area (Å²) in [5, 5.41) is 6.79. The summed E-state index contributed by atoms with van der Waals surface area (Å²) in [6, 6.07) is 3.12. The zero-order chi connectivity index (χ0) is 10.5. The molecule has 1 aliphatic carbocycles. The minimum atomic E-state index is -0.364. The fraction of sp³-hybridized carbons (Fsp3) is 0.455. The highest BCUT2D eigenvalue weighted by atomic mass is 35.5. The van der Waals surface area contributed by atoms with Crippen LogP contribution in [0.15, 0.2) is 12.1 Å². The molecule has 0 amide bonds. The van der Waals surface area contributed by atoms with Gasteiger partial charge in [0, 0.05) is 24.6 Å². The fourth-order valence-electron chi connectivity index (χ4n) is 2.00. The first kappa shape index (κ1) is 9.28. The van der Waals surface area contributed by atoms with Crippen LogP contribution in [0.5, 0.6) is 0 Å². The van der Waals surface area contributed by atoms with Crippen molar-refractivity contribution in [1.29, 1.82) is 0 Å². The molecule has 0 bridgehead atoms. The quantitative estimate of drug-likeness (QED) is 0.711. The third kappa shape index (κ3) is 1.55. The van der Waals surface area contributed by atoms with Crippen LogP contribution in [0.2, 0.25) is 5.02 Å². The highest BCUT2D eigenvalue weighted by Gasteiger charge is 2.43. The number of fused-ring (bicyclic) bond motifs is 1. The van der Waals surface area contributed by atoms with Crippen molar-refractivity contribution in [3.63, 3.8) is 0 Å². The molecular formula is C11H12ClFN2. The van der Waals surface area contributed by atoms with Crippen molar-refractivity contribution < 1.29 is 4.39 Å². The molecule has 0 aromatic heterocycles. The molecule has 1 aromatic carbocycles. The summed E-state index contributed by atoms with van der Waals surface area (Å²) in [5.74, 6) is -0.364. The third-order valence-electron chi connectivity index (χ3n) is 3.33. The lowest BCUT2D eigenvalue weighted by molar-refractivity contribution is 0.581. The maximum Gasteiger partial charge on any atom is 0.143 e. The number of rotatable bonds is 0. The number of anilines is 2. The molecule has 2 N–H and O–H groups in total. The first-order valence-corrected chi connectivity index (χ1v) is 5.53. The molecule has 3 rings (SSSR count). The van der Waals surface area contributed by atoms with Crippen molar-refractivity contribution in [2.24, 2.45) is 5.41 Å². The molecule has 2 nitrogen and oxygen atoms in total. The Balaban J connectivity index is 1.96. The van der Waals surface area contributed by atoms with Crippen molar-refractivity contribution >= 4 is 23.0 Å². The van der Waals surface area contributed by atoms with E-state index in [0.717, 1.165) is 24.5 Å². The van der Waals surface area contributed by atoms with E-state index in [-0.39, 0.29) is 10.8 Å². The van der Waals surface area contributed by atoms with Gasteiger partial charge in [0.1, 0.15) is 5.82 Å². The minimum Gasteiger partial charge on any atom is -0.383 e.